The van der Waals surface area contributed by atoms with Gasteiger partial charge in [-0.25, -0.2) is 0 Å². The highest BCUT2D eigenvalue weighted by molar-refractivity contribution is 5.17. The van der Waals surface area contributed by atoms with E-state index in [9.17, 15) is 35.7 Å². The van der Waals surface area contributed by atoms with E-state index in [4.69, 9.17) is 28.4 Å². The molecule has 0 radical (unpaired) electrons. The van der Waals surface area contributed by atoms with Gasteiger partial charge >= 0.3 is 0 Å². The zero-order valence-electron chi connectivity index (χ0n) is 30.7. The Balaban J connectivity index is 1.04. The fourth-order valence-corrected chi connectivity index (χ4v) is 13.1. The Morgan fingerprint density at radius 3 is 2.18 bits per heavy atom. The van der Waals surface area contributed by atoms with E-state index in [2.05, 4.69) is 27.7 Å². The summed E-state index contributed by atoms with van der Waals surface area (Å²) in [6.45, 7) is 11.1. The topological polar surface area (TPSA) is 197 Å². The van der Waals surface area contributed by atoms with Gasteiger partial charge in [0, 0.05) is 5.92 Å². The largest absolute Gasteiger partial charge is 0.393 e. The molecule has 13 nitrogen and oxygen atoms in total. The van der Waals surface area contributed by atoms with Crippen LogP contribution < -0.4 is 0 Å². The number of aliphatic hydroxyl groups is 7. The molecule has 13 heteroatoms. The first kappa shape index (κ1) is 37.4. The first-order valence-electron chi connectivity index (χ1n) is 19.7. The monoisotopic (exact) mass is 726 g/mol. The first-order chi connectivity index (χ1) is 24.1. The van der Waals surface area contributed by atoms with Crippen molar-refractivity contribution in [1.82, 2.24) is 0 Å². The molecule has 4 heterocycles. The molecule has 4 saturated heterocycles. The third kappa shape index (κ3) is 5.73. The summed E-state index contributed by atoms with van der Waals surface area (Å²) in [5.41, 5.74) is -0.115. The molecule has 0 unspecified atom stereocenters. The van der Waals surface area contributed by atoms with Crippen LogP contribution in [-0.2, 0) is 28.4 Å². The quantitative estimate of drug-likeness (QED) is 0.203. The van der Waals surface area contributed by atoms with E-state index >= 15 is 0 Å². The first-order valence-corrected chi connectivity index (χ1v) is 19.7. The van der Waals surface area contributed by atoms with Gasteiger partial charge in [-0.3, -0.25) is 0 Å². The van der Waals surface area contributed by atoms with Crippen LogP contribution in [0.5, 0.6) is 0 Å². The third-order valence-corrected chi connectivity index (χ3v) is 15.7. The molecule has 8 fully saturated rings. The molecule has 4 saturated carbocycles. The molecule has 7 N–H and O–H groups in total. The molecule has 8 rings (SSSR count). The van der Waals surface area contributed by atoms with Crippen LogP contribution in [0.3, 0.4) is 0 Å². The summed E-state index contributed by atoms with van der Waals surface area (Å²) in [4.78, 5) is 0. The summed E-state index contributed by atoms with van der Waals surface area (Å²) < 4.78 is 37.6. The van der Waals surface area contributed by atoms with Crippen molar-refractivity contribution in [3.05, 3.63) is 0 Å². The summed E-state index contributed by atoms with van der Waals surface area (Å²) in [6.07, 6.45) is -6.52. The number of hydrogen-bond donors (Lipinski definition) is 7. The van der Waals surface area contributed by atoms with Gasteiger partial charge in [0.1, 0.15) is 42.7 Å². The van der Waals surface area contributed by atoms with Crippen molar-refractivity contribution < 1.29 is 64.2 Å². The SMILES string of the molecule is C[C@@H]1CO[C@]2(O[C@H]3C[C@H]4[C@@H]5C[C@H](O[C@@H]6O[C@H](C)[C@@H](O)[C@H](O[C@@H]7OC[C@@H](O)[C@H](O)[C@H]7O)[C@H]6O)[C@@H]6C[C@@H](O)CC[C@]6(C)[C@H]5CC[C@]4(C)[C@H]3[C@@H]2C)[C@H](O)C1. The fourth-order valence-electron chi connectivity index (χ4n) is 13.1. The molecule has 292 valence electrons. The normalized spacial score (nSPS) is 61.4. The van der Waals surface area contributed by atoms with Crippen molar-refractivity contribution in [3.63, 3.8) is 0 Å². The maximum atomic E-state index is 11.6. The molecule has 0 amide bonds. The van der Waals surface area contributed by atoms with Crippen LogP contribution in [-0.4, -0.2) is 134 Å². The average molecular weight is 727 g/mol. The van der Waals surface area contributed by atoms with Gasteiger partial charge in [-0.15, -0.1) is 0 Å². The number of ether oxygens (including phenoxy) is 6. The molecule has 0 aromatic heterocycles. The Labute approximate surface area is 300 Å². The zero-order chi connectivity index (χ0) is 36.4. The van der Waals surface area contributed by atoms with E-state index in [1.807, 2.05) is 0 Å². The minimum Gasteiger partial charge on any atom is -0.393 e. The summed E-state index contributed by atoms with van der Waals surface area (Å²) in [6, 6.07) is 0. The van der Waals surface area contributed by atoms with Crippen molar-refractivity contribution in [2.75, 3.05) is 13.2 Å². The second kappa shape index (κ2) is 13.3. The predicted octanol–water partition coefficient (Wildman–Crippen LogP) is 1.05. The lowest BCUT2D eigenvalue weighted by Crippen LogP contribution is -2.64. The van der Waals surface area contributed by atoms with Crippen molar-refractivity contribution in [2.24, 2.45) is 52.3 Å². The van der Waals surface area contributed by atoms with Crippen LogP contribution in [0, 0.1) is 52.3 Å². The number of aliphatic hydroxyl groups excluding tert-OH is 7. The van der Waals surface area contributed by atoms with Gasteiger partial charge in [0.05, 0.1) is 37.6 Å². The van der Waals surface area contributed by atoms with Crippen LogP contribution >= 0.6 is 0 Å². The molecule has 51 heavy (non-hydrogen) atoms. The van der Waals surface area contributed by atoms with Gasteiger partial charge in [-0.2, -0.15) is 0 Å². The second-order valence-corrected chi connectivity index (χ2v) is 18.5. The van der Waals surface area contributed by atoms with E-state index in [0.29, 0.717) is 37.2 Å². The van der Waals surface area contributed by atoms with Crippen LogP contribution in [0.15, 0.2) is 0 Å². The van der Waals surface area contributed by atoms with E-state index in [1.165, 1.54) is 0 Å². The van der Waals surface area contributed by atoms with E-state index in [1.54, 1.807) is 6.92 Å². The van der Waals surface area contributed by atoms with E-state index in [0.717, 1.165) is 38.5 Å². The maximum Gasteiger partial charge on any atom is 0.197 e. The van der Waals surface area contributed by atoms with E-state index in [-0.39, 0.29) is 53.3 Å². The number of fused-ring (bicyclic) bond motifs is 7. The zero-order valence-corrected chi connectivity index (χ0v) is 30.7. The Kier molecular flexibility index (Phi) is 9.76. The molecule has 8 aliphatic rings. The highest BCUT2D eigenvalue weighted by Gasteiger charge is 2.71. The van der Waals surface area contributed by atoms with E-state index < -0.39 is 73.3 Å². The smallest absolute Gasteiger partial charge is 0.197 e. The van der Waals surface area contributed by atoms with Crippen LogP contribution in [0.25, 0.3) is 0 Å². The third-order valence-electron chi connectivity index (χ3n) is 15.7. The van der Waals surface area contributed by atoms with Crippen LogP contribution in [0.2, 0.25) is 0 Å². The molecule has 0 aromatic carbocycles. The Morgan fingerprint density at radius 1 is 0.686 bits per heavy atom. The van der Waals surface area contributed by atoms with Crippen molar-refractivity contribution in [3.8, 4) is 0 Å². The molecular formula is C38H62O13. The molecule has 4 aliphatic carbocycles. The standard InChI is InChI=1S/C38H62O13/c1-16-10-27(41)38(47-14-16)17(2)28-26(51-38)13-22-20-12-25(23-11-19(39)6-8-36(23,4)21(20)7-9-37(22,28)5)49-35-32(45)33(29(42)18(3)48-35)50-34-31(44)30(43)24(40)15-46-34/h16-35,39-45H,6-15H2,1-5H3/t16-,17-,18+,19-,20+,21-,22-,23-,24+,25-,26-,27+,28-,29+,30-,31+,32+,33-,34-,35-,36+,37-,38+/m0/s1. The molecule has 4 aliphatic heterocycles. The maximum absolute atomic E-state index is 11.6. The van der Waals surface area contributed by atoms with Gasteiger partial charge < -0.3 is 64.2 Å². The average Bonchev–Trinajstić information content (AvgIpc) is 3.54. The lowest BCUT2D eigenvalue weighted by atomic mass is 9.43. The summed E-state index contributed by atoms with van der Waals surface area (Å²) in [5.74, 6) is 0.780. The lowest BCUT2D eigenvalue weighted by Gasteiger charge is -2.63. The van der Waals surface area contributed by atoms with Gasteiger partial charge in [-0.05, 0) is 105 Å². The fraction of sp³-hybridized carbons (Fsp3) is 1.00. The van der Waals surface area contributed by atoms with Crippen molar-refractivity contribution in [1.29, 1.82) is 0 Å². The van der Waals surface area contributed by atoms with Gasteiger partial charge in [-0.1, -0.05) is 27.7 Å². The van der Waals surface area contributed by atoms with Crippen molar-refractivity contribution in [2.45, 2.75) is 171 Å². The van der Waals surface area contributed by atoms with Crippen LogP contribution in [0.1, 0.15) is 86.0 Å². The van der Waals surface area contributed by atoms with Crippen molar-refractivity contribution >= 4 is 0 Å². The number of hydrogen-bond acceptors (Lipinski definition) is 13. The second-order valence-electron chi connectivity index (χ2n) is 18.5. The Morgan fingerprint density at radius 2 is 1.43 bits per heavy atom. The number of rotatable bonds is 4. The summed E-state index contributed by atoms with van der Waals surface area (Å²) in [7, 11) is 0. The minimum atomic E-state index is -1.59. The highest BCUT2D eigenvalue weighted by Crippen LogP contribution is 2.71. The summed E-state index contributed by atoms with van der Waals surface area (Å²) >= 11 is 0. The molecule has 0 aromatic rings. The Bertz CT molecular complexity index is 1270. The Hall–Kier alpha value is -0.520. The molecular weight excluding hydrogens is 664 g/mol. The lowest BCUT2D eigenvalue weighted by molar-refractivity contribution is -0.357. The molecule has 23 atom stereocenters. The minimum absolute atomic E-state index is 0.00406. The summed E-state index contributed by atoms with van der Waals surface area (Å²) in [5, 5.41) is 75.6. The van der Waals surface area contributed by atoms with Gasteiger partial charge in [0.2, 0.25) is 0 Å². The van der Waals surface area contributed by atoms with Crippen LogP contribution in [0.4, 0.5) is 0 Å². The predicted molar refractivity (Wildman–Crippen MR) is 178 cm³/mol. The highest BCUT2D eigenvalue weighted by atomic mass is 16.7. The van der Waals surface area contributed by atoms with Gasteiger partial charge in [0.25, 0.3) is 0 Å². The molecule has 0 bridgehead atoms. The molecule has 1 spiro atoms. The van der Waals surface area contributed by atoms with Gasteiger partial charge in [0.15, 0.2) is 18.4 Å².